The molecule has 0 N–H and O–H groups in total. The highest BCUT2D eigenvalue weighted by atomic mass is 15.4. The Kier molecular flexibility index (Phi) is 3.15. The number of aromatic nitrogens is 5. The van der Waals surface area contributed by atoms with Gasteiger partial charge in [0.05, 0.1) is 16.7 Å². The first-order valence-electron chi connectivity index (χ1n) is 7.85. The molecule has 0 aliphatic rings. The zero-order valence-corrected chi connectivity index (χ0v) is 13.6. The van der Waals surface area contributed by atoms with Gasteiger partial charge in [-0.25, -0.2) is 9.67 Å². The van der Waals surface area contributed by atoms with Gasteiger partial charge in [0.25, 0.3) is 0 Å². The van der Waals surface area contributed by atoms with E-state index in [0.29, 0.717) is 5.92 Å². The van der Waals surface area contributed by atoms with Gasteiger partial charge < -0.3 is 4.40 Å². The predicted molar refractivity (Wildman–Crippen MR) is 90.6 cm³/mol. The van der Waals surface area contributed by atoms with Crippen LogP contribution in [0, 0.1) is 6.92 Å². The third kappa shape index (κ3) is 2.29. The molecule has 116 valence electrons. The molecule has 4 aromatic rings. The van der Waals surface area contributed by atoms with Gasteiger partial charge in [-0.2, -0.15) is 0 Å². The molecule has 4 rings (SSSR count). The Morgan fingerprint density at radius 2 is 2.00 bits per heavy atom. The maximum absolute atomic E-state index is 4.79. The lowest BCUT2D eigenvalue weighted by Gasteiger charge is -2.10. The highest BCUT2D eigenvalue weighted by Crippen LogP contribution is 2.25. The zero-order valence-electron chi connectivity index (χ0n) is 13.6. The molecule has 0 saturated carbocycles. The first-order chi connectivity index (χ1) is 11.1. The van der Waals surface area contributed by atoms with Crippen molar-refractivity contribution >= 4 is 16.6 Å². The number of benzene rings is 1. The summed E-state index contributed by atoms with van der Waals surface area (Å²) in [4.78, 5) is 4.79. The van der Waals surface area contributed by atoms with Gasteiger partial charge in [-0.3, -0.25) is 0 Å². The monoisotopic (exact) mass is 305 g/mol. The number of pyridine rings is 1. The van der Waals surface area contributed by atoms with Crippen molar-refractivity contribution < 1.29 is 0 Å². The van der Waals surface area contributed by atoms with Crippen molar-refractivity contribution in [1.82, 2.24) is 24.4 Å². The average molecular weight is 305 g/mol. The standard InChI is InChI=1S/C18H19N5/c1-12(18-16-6-4-5-9-23(16)13(2)19-18)10-14-7-8-15-17(11-14)22(3)21-20-15/h4-9,11-12H,10H2,1-3H3. The molecule has 0 aliphatic carbocycles. The van der Waals surface area contributed by atoms with E-state index in [0.717, 1.165) is 29.0 Å². The number of hydrogen-bond acceptors (Lipinski definition) is 3. The largest absolute Gasteiger partial charge is 0.304 e. The Balaban J connectivity index is 1.70. The van der Waals surface area contributed by atoms with Crippen LogP contribution in [0.2, 0.25) is 0 Å². The minimum absolute atomic E-state index is 0.347. The average Bonchev–Trinajstić information content (AvgIpc) is 3.09. The molecule has 1 unspecified atom stereocenters. The van der Waals surface area contributed by atoms with Gasteiger partial charge >= 0.3 is 0 Å². The highest BCUT2D eigenvalue weighted by molar-refractivity contribution is 5.75. The molecule has 0 radical (unpaired) electrons. The van der Waals surface area contributed by atoms with E-state index >= 15 is 0 Å². The van der Waals surface area contributed by atoms with E-state index in [1.54, 1.807) is 0 Å². The molecule has 3 heterocycles. The van der Waals surface area contributed by atoms with Crippen LogP contribution in [0.5, 0.6) is 0 Å². The van der Waals surface area contributed by atoms with Crippen molar-refractivity contribution in [2.75, 3.05) is 0 Å². The number of fused-ring (bicyclic) bond motifs is 2. The SMILES string of the molecule is Cc1nc(C(C)Cc2ccc3nnn(C)c3c2)c2ccccn12. The molecule has 0 aliphatic heterocycles. The summed E-state index contributed by atoms with van der Waals surface area (Å²) in [7, 11) is 1.93. The number of rotatable bonds is 3. The van der Waals surface area contributed by atoms with Crippen LogP contribution in [0.15, 0.2) is 42.6 Å². The number of imidazole rings is 1. The van der Waals surface area contributed by atoms with Gasteiger partial charge in [0.15, 0.2) is 0 Å². The molecular formula is C18H19N5. The van der Waals surface area contributed by atoms with Crippen LogP contribution >= 0.6 is 0 Å². The lowest BCUT2D eigenvalue weighted by Crippen LogP contribution is -2.00. The third-order valence-corrected chi connectivity index (χ3v) is 4.44. The summed E-state index contributed by atoms with van der Waals surface area (Å²) in [5, 5.41) is 8.21. The molecule has 1 aromatic carbocycles. The van der Waals surface area contributed by atoms with Crippen LogP contribution in [0.25, 0.3) is 16.6 Å². The molecule has 0 spiro atoms. The van der Waals surface area contributed by atoms with Crippen molar-refractivity contribution in [2.45, 2.75) is 26.2 Å². The molecule has 0 amide bonds. The molecule has 5 heteroatoms. The van der Waals surface area contributed by atoms with Gasteiger partial charge in [0.2, 0.25) is 0 Å². The Morgan fingerprint density at radius 3 is 2.87 bits per heavy atom. The van der Waals surface area contributed by atoms with E-state index in [9.17, 15) is 0 Å². The summed E-state index contributed by atoms with van der Waals surface area (Å²) in [6.45, 7) is 4.29. The van der Waals surface area contributed by atoms with Crippen molar-refractivity contribution in [3.8, 4) is 0 Å². The number of hydrogen-bond donors (Lipinski definition) is 0. The van der Waals surface area contributed by atoms with E-state index in [-0.39, 0.29) is 0 Å². The molecule has 0 bridgehead atoms. The Bertz CT molecular complexity index is 995. The molecule has 23 heavy (non-hydrogen) atoms. The summed E-state index contributed by atoms with van der Waals surface area (Å²) in [5.74, 6) is 1.38. The van der Waals surface area contributed by atoms with Crippen LogP contribution in [0.3, 0.4) is 0 Å². The molecule has 0 saturated heterocycles. The Morgan fingerprint density at radius 1 is 1.13 bits per heavy atom. The minimum atomic E-state index is 0.347. The van der Waals surface area contributed by atoms with Gasteiger partial charge in [-0.05, 0) is 43.2 Å². The highest BCUT2D eigenvalue weighted by Gasteiger charge is 2.15. The molecule has 0 fully saturated rings. The summed E-state index contributed by atoms with van der Waals surface area (Å²) in [6.07, 6.45) is 3.02. The van der Waals surface area contributed by atoms with E-state index in [4.69, 9.17) is 4.98 Å². The first-order valence-corrected chi connectivity index (χ1v) is 7.85. The lowest BCUT2D eigenvalue weighted by atomic mass is 9.97. The third-order valence-electron chi connectivity index (χ3n) is 4.44. The maximum Gasteiger partial charge on any atom is 0.113 e. The topological polar surface area (TPSA) is 48.0 Å². The Hall–Kier alpha value is -2.69. The summed E-state index contributed by atoms with van der Waals surface area (Å²) < 4.78 is 3.97. The van der Waals surface area contributed by atoms with E-state index in [2.05, 4.69) is 59.0 Å². The summed E-state index contributed by atoms with van der Waals surface area (Å²) in [6, 6.07) is 12.6. The second kappa shape index (κ2) is 5.19. The first kappa shape index (κ1) is 13.9. The second-order valence-corrected chi connectivity index (χ2v) is 6.14. The van der Waals surface area contributed by atoms with Gasteiger partial charge in [-0.1, -0.05) is 24.3 Å². The fourth-order valence-electron chi connectivity index (χ4n) is 3.24. The van der Waals surface area contributed by atoms with Crippen molar-refractivity contribution in [3.05, 3.63) is 59.7 Å². The molecule has 1 atom stereocenters. The maximum atomic E-state index is 4.79. The van der Waals surface area contributed by atoms with Crippen LogP contribution in [-0.4, -0.2) is 24.4 Å². The fraction of sp³-hybridized carbons (Fsp3) is 0.278. The van der Waals surface area contributed by atoms with Crippen LogP contribution in [0.1, 0.15) is 29.9 Å². The van der Waals surface area contributed by atoms with Crippen LogP contribution in [0.4, 0.5) is 0 Å². The zero-order chi connectivity index (χ0) is 16.0. The van der Waals surface area contributed by atoms with Crippen molar-refractivity contribution in [2.24, 2.45) is 7.05 Å². The Labute approximate surface area is 134 Å². The normalized spacial score (nSPS) is 13.0. The summed E-state index contributed by atoms with van der Waals surface area (Å²) in [5.41, 5.74) is 5.64. The van der Waals surface area contributed by atoms with Crippen LogP contribution in [-0.2, 0) is 13.5 Å². The van der Waals surface area contributed by atoms with Crippen LogP contribution < -0.4 is 0 Å². The van der Waals surface area contributed by atoms with E-state index in [1.165, 1.54) is 11.1 Å². The van der Waals surface area contributed by atoms with Crippen molar-refractivity contribution in [3.63, 3.8) is 0 Å². The molecule has 5 nitrogen and oxygen atoms in total. The van der Waals surface area contributed by atoms with E-state index in [1.807, 2.05) is 23.9 Å². The van der Waals surface area contributed by atoms with Gasteiger partial charge in [0.1, 0.15) is 11.3 Å². The smallest absolute Gasteiger partial charge is 0.113 e. The number of nitrogens with zero attached hydrogens (tertiary/aromatic N) is 5. The quantitative estimate of drug-likeness (QED) is 0.583. The molecule has 3 aromatic heterocycles. The summed E-state index contributed by atoms with van der Waals surface area (Å²) >= 11 is 0. The van der Waals surface area contributed by atoms with Gasteiger partial charge in [-0.15, -0.1) is 5.10 Å². The second-order valence-electron chi connectivity index (χ2n) is 6.14. The minimum Gasteiger partial charge on any atom is -0.304 e. The lowest BCUT2D eigenvalue weighted by molar-refractivity contribution is 0.731. The number of aryl methyl sites for hydroxylation is 2. The fourth-order valence-corrected chi connectivity index (χ4v) is 3.24. The molecular weight excluding hydrogens is 286 g/mol. The van der Waals surface area contributed by atoms with E-state index < -0.39 is 0 Å². The van der Waals surface area contributed by atoms with Gasteiger partial charge in [0, 0.05) is 19.2 Å². The predicted octanol–water partition coefficient (Wildman–Crippen LogP) is 3.27. The van der Waals surface area contributed by atoms with Crippen molar-refractivity contribution in [1.29, 1.82) is 0 Å².